The van der Waals surface area contributed by atoms with Crippen LogP contribution in [-0.4, -0.2) is 31.0 Å². The normalized spacial score (nSPS) is 13.3. The van der Waals surface area contributed by atoms with Crippen LogP contribution in [0.2, 0.25) is 0 Å². The number of nitrogens with one attached hydrogen (secondary N) is 1. The van der Waals surface area contributed by atoms with E-state index in [0.717, 1.165) is 31.0 Å². The van der Waals surface area contributed by atoms with E-state index >= 15 is 0 Å². The average Bonchev–Trinajstić information content (AvgIpc) is 3.30. The van der Waals surface area contributed by atoms with E-state index in [1.54, 1.807) is 12.3 Å². The lowest BCUT2D eigenvalue weighted by Crippen LogP contribution is -2.18. The highest BCUT2D eigenvalue weighted by atomic mass is 16.1. The van der Waals surface area contributed by atoms with E-state index in [-0.39, 0.29) is 5.91 Å². The number of carbonyl (C=O) groups excluding carboxylic acids is 1. The SMILES string of the molecule is CN(Cc1ccccc1)c1ccc(C(=O)Nc2ccc(N3CCCC3)cc2)nc1. The van der Waals surface area contributed by atoms with E-state index in [1.807, 2.05) is 43.4 Å². The van der Waals surface area contributed by atoms with E-state index in [0.29, 0.717) is 5.69 Å². The monoisotopic (exact) mass is 386 g/mol. The third-order valence-electron chi connectivity index (χ3n) is 5.28. The topological polar surface area (TPSA) is 48.5 Å². The molecular weight excluding hydrogens is 360 g/mol. The lowest BCUT2D eigenvalue weighted by atomic mass is 10.2. The summed E-state index contributed by atoms with van der Waals surface area (Å²) in [5.74, 6) is -0.198. The number of hydrogen-bond donors (Lipinski definition) is 1. The lowest BCUT2D eigenvalue weighted by molar-refractivity contribution is 0.102. The summed E-state index contributed by atoms with van der Waals surface area (Å²) in [6.45, 7) is 3.01. The first kappa shape index (κ1) is 19.0. The Bertz CT molecular complexity index is 933. The van der Waals surface area contributed by atoms with Crippen molar-refractivity contribution < 1.29 is 4.79 Å². The summed E-state index contributed by atoms with van der Waals surface area (Å²) in [7, 11) is 2.02. The number of nitrogens with zero attached hydrogens (tertiary/aromatic N) is 3. The van der Waals surface area contributed by atoms with Crippen molar-refractivity contribution in [3.8, 4) is 0 Å². The molecular formula is C24H26N4O. The Morgan fingerprint density at radius 1 is 1.00 bits per heavy atom. The van der Waals surface area contributed by atoms with Gasteiger partial charge in [0.25, 0.3) is 5.91 Å². The molecule has 0 spiro atoms. The molecule has 148 valence electrons. The molecule has 0 aliphatic carbocycles. The van der Waals surface area contributed by atoms with Crippen molar-refractivity contribution in [1.82, 2.24) is 4.98 Å². The summed E-state index contributed by atoms with van der Waals surface area (Å²) >= 11 is 0. The van der Waals surface area contributed by atoms with E-state index < -0.39 is 0 Å². The molecule has 1 saturated heterocycles. The first-order chi connectivity index (χ1) is 14.2. The molecule has 1 aromatic heterocycles. The number of amides is 1. The Kier molecular flexibility index (Phi) is 5.75. The summed E-state index contributed by atoms with van der Waals surface area (Å²) in [5, 5.41) is 2.93. The van der Waals surface area contributed by atoms with Gasteiger partial charge in [-0.15, -0.1) is 0 Å². The molecule has 1 amide bonds. The number of pyridine rings is 1. The maximum atomic E-state index is 12.5. The summed E-state index contributed by atoms with van der Waals surface area (Å²) in [4.78, 5) is 21.4. The van der Waals surface area contributed by atoms with Crippen molar-refractivity contribution in [1.29, 1.82) is 0 Å². The molecule has 2 aromatic carbocycles. The highest BCUT2D eigenvalue weighted by Gasteiger charge is 2.13. The lowest BCUT2D eigenvalue weighted by Gasteiger charge is -2.19. The predicted octanol–water partition coefficient (Wildman–Crippen LogP) is 4.57. The Morgan fingerprint density at radius 3 is 2.38 bits per heavy atom. The van der Waals surface area contributed by atoms with Gasteiger partial charge in [-0.2, -0.15) is 0 Å². The second-order valence-electron chi connectivity index (χ2n) is 7.44. The number of benzene rings is 2. The quantitative estimate of drug-likeness (QED) is 0.674. The average molecular weight is 386 g/mol. The fraction of sp³-hybridized carbons (Fsp3) is 0.250. The second kappa shape index (κ2) is 8.78. The summed E-state index contributed by atoms with van der Waals surface area (Å²) < 4.78 is 0. The minimum Gasteiger partial charge on any atom is -0.372 e. The number of aromatic nitrogens is 1. The molecule has 3 aromatic rings. The zero-order valence-corrected chi connectivity index (χ0v) is 16.7. The van der Waals surface area contributed by atoms with Crippen LogP contribution in [0.4, 0.5) is 17.1 Å². The third-order valence-corrected chi connectivity index (χ3v) is 5.28. The van der Waals surface area contributed by atoms with Gasteiger partial charge in [0.15, 0.2) is 0 Å². The molecule has 1 fully saturated rings. The molecule has 1 aliphatic heterocycles. The van der Waals surface area contributed by atoms with Crippen LogP contribution < -0.4 is 15.1 Å². The Hall–Kier alpha value is -3.34. The summed E-state index contributed by atoms with van der Waals surface area (Å²) in [6.07, 6.45) is 4.25. The molecule has 0 atom stereocenters. The number of rotatable bonds is 6. The van der Waals surface area contributed by atoms with Crippen molar-refractivity contribution in [3.05, 3.63) is 84.2 Å². The van der Waals surface area contributed by atoms with Gasteiger partial charge in [-0.1, -0.05) is 30.3 Å². The van der Waals surface area contributed by atoms with Crippen molar-refractivity contribution in [2.45, 2.75) is 19.4 Å². The highest BCUT2D eigenvalue weighted by Crippen LogP contribution is 2.22. The standard InChI is InChI=1S/C24H26N4O/c1-27(18-19-7-3-2-4-8-19)22-13-14-23(25-17-22)24(29)26-20-9-11-21(12-10-20)28-15-5-6-16-28/h2-4,7-14,17H,5-6,15-16,18H2,1H3,(H,26,29). The number of anilines is 3. The van der Waals surface area contributed by atoms with E-state index in [4.69, 9.17) is 0 Å². The highest BCUT2D eigenvalue weighted by molar-refractivity contribution is 6.03. The van der Waals surface area contributed by atoms with Crippen molar-refractivity contribution in [2.75, 3.05) is 35.3 Å². The zero-order valence-electron chi connectivity index (χ0n) is 16.7. The molecule has 4 rings (SSSR count). The molecule has 1 aliphatic rings. The van der Waals surface area contributed by atoms with Gasteiger partial charge in [-0.25, -0.2) is 4.98 Å². The molecule has 5 heteroatoms. The largest absolute Gasteiger partial charge is 0.372 e. The van der Waals surface area contributed by atoms with Crippen LogP contribution >= 0.6 is 0 Å². The van der Waals surface area contributed by atoms with E-state index in [1.165, 1.54) is 24.1 Å². The molecule has 5 nitrogen and oxygen atoms in total. The first-order valence-electron chi connectivity index (χ1n) is 10.1. The van der Waals surface area contributed by atoms with Crippen molar-refractivity contribution in [3.63, 3.8) is 0 Å². The maximum Gasteiger partial charge on any atom is 0.274 e. The van der Waals surface area contributed by atoms with E-state index in [2.05, 4.69) is 44.4 Å². The van der Waals surface area contributed by atoms with Crippen molar-refractivity contribution in [2.24, 2.45) is 0 Å². The second-order valence-corrected chi connectivity index (χ2v) is 7.44. The van der Waals surface area contributed by atoms with Gasteiger partial charge in [-0.3, -0.25) is 4.79 Å². The molecule has 0 saturated carbocycles. The Balaban J connectivity index is 1.36. The van der Waals surface area contributed by atoms with Crippen molar-refractivity contribution >= 4 is 23.0 Å². The van der Waals surface area contributed by atoms with Gasteiger partial charge in [-0.05, 0) is 54.8 Å². The minimum absolute atomic E-state index is 0.198. The van der Waals surface area contributed by atoms with Crippen LogP contribution in [0.15, 0.2) is 72.9 Å². The van der Waals surface area contributed by atoms with Gasteiger partial charge in [0.2, 0.25) is 0 Å². The van der Waals surface area contributed by atoms with Crippen LogP contribution in [0.5, 0.6) is 0 Å². The number of hydrogen-bond acceptors (Lipinski definition) is 4. The molecule has 29 heavy (non-hydrogen) atoms. The van der Waals surface area contributed by atoms with Gasteiger partial charge >= 0.3 is 0 Å². The third kappa shape index (κ3) is 4.74. The molecule has 0 radical (unpaired) electrons. The Labute approximate surface area is 172 Å². The summed E-state index contributed by atoms with van der Waals surface area (Å²) in [5.41, 5.74) is 4.61. The molecule has 2 heterocycles. The molecule has 0 bridgehead atoms. The first-order valence-corrected chi connectivity index (χ1v) is 10.1. The Morgan fingerprint density at radius 2 is 1.72 bits per heavy atom. The minimum atomic E-state index is -0.198. The molecule has 0 unspecified atom stereocenters. The predicted molar refractivity (Wildman–Crippen MR) is 119 cm³/mol. The van der Waals surface area contributed by atoms with Crippen LogP contribution in [0.25, 0.3) is 0 Å². The van der Waals surface area contributed by atoms with Crippen LogP contribution in [0.3, 0.4) is 0 Å². The van der Waals surface area contributed by atoms with E-state index in [9.17, 15) is 4.79 Å². The fourth-order valence-electron chi connectivity index (χ4n) is 3.62. The van der Waals surface area contributed by atoms with Crippen LogP contribution in [-0.2, 0) is 6.54 Å². The fourth-order valence-corrected chi connectivity index (χ4v) is 3.62. The van der Waals surface area contributed by atoms with Crippen LogP contribution in [0.1, 0.15) is 28.9 Å². The van der Waals surface area contributed by atoms with Gasteiger partial charge in [0, 0.05) is 38.1 Å². The van der Waals surface area contributed by atoms with Crippen LogP contribution in [0, 0.1) is 0 Å². The number of carbonyl (C=O) groups is 1. The van der Waals surface area contributed by atoms with Gasteiger partial charge in [0.1, 0.15) is 5.69 Å². The summed E-state index contributed by atoms with van der Waals surface area (Å²) in [6, 6.07) is 22.0. The van der Waals surface area contributed by atoms with Gasteiger partial charge in [0.05, 0.1) is 11.9 Å². The van der Waals surface area contributed by atoms with Gasteiger partial charge < -0.3 is 15.1 Å². The zero-order chi connectivity index (χ0) is 20.1. The maximum absolute atomic E-state index is 12.5. The molecule has 1 N–H and O–H groups in total. The smallest absolute Gasteiger partial charge is 0.274 e.